The Kier molecular flexibility index (Phi) is 9.01. The van der Waals surface area contributed by atoms with Crippen LogP contribution in [0.1, 0.15) is 55.2 Å². The van der Waals surface area contributed by atoms with E-state index >= 15 is 0 Å². The Morgan fingerprint density at radius 2 is 1.60 bits per heavy atom. The lowest BCUT2D eigenvalue weighted by Gasteiger charge is -2.39. The molecule has 0 fully saturated rings. The average molecular weight is 600 g/mol. The van der Waals surface area contributed by atoms with E-state index in [1.165, 1.54) is 12.5 Å². The van der Waals surface area contributed by atoms with Crippen molar-refractivity contribution >= 4 is 21.7 Å². The Balaban J connectivity index is 1.41. The van der Waals surface area contributed by atoms with Gasteiger partial charge in [-0.2, -0.15) is 8.42 Å². The van der Waals surface area contributed by atoms with Gasteiger partial charge in [0, 0.05) is 31.3 Å². The molecule has 5 rings (SSSR count). The van der Waals surface area contributed by atoms with Crippen LogP contribution in [0.4, 0.5) is 5.69 Å². The van der Waals surface area contributed by atoms with Gasteiger partial charge in [0.25, 0.3) is 10.0 Å². The van der Waals surface area contributed by atoms with E-state index in [-0.39, 0.29) is 22.8 Å². The van der Waals surface area contributed by atoms with Crippen LogP contribution in [0, 0.1) is 0 Å². The minimum atomic E-state index is -3.90. The summed E-state index contributed by atoms with van der Waals surface area (Å²) in [5.41, 5.74) is 2.69. The van der Waals surface area contributed by atoms with Gasteiger partial charge in [-0.05, 0) is 60.9 Å². The van der Waals surface area contributed by atoms with Gasteiger partial charge < -0.3 is 14.4 Å². The van der Waals surface area contributed by atoms with Crippen LogP contribution >= 0.6 is 0 Å². The second-order valence-electron chi connectivity index (χ2n) is 11.2. The zero-order valence-electron chi connectivity index (χ0n) is 24.4. The van der Waals surface area contributed by atoms with Crippen LogP contribution in [-0.2, 0) is 39.4 Å². The molecule has 43 heavy (non-hydrogen) atoms. The summed E-state index contributed by atoms with van der Waals surface area (Å²) in [6, 6.07) is 27.0. The molecule has 1 aliphatic heterocycles. The minimum absolute atomic E-state index is 0.0312. The summed E-state index contributed by atoms with van der Waals surface area (Å²) in [5.74, 6) is -0.979. The average Bonchev–Trinajstić information content (AvgIpc) is 3.45. The molecule has 1 atom stereocenters. The molecule has 4 aromatic rings. The Hall–Kier alpha value is -4.37. The quantitative estimate of drug-likeness (QED) is 0.181. The number of ether oxygens (including phenoxy) is 1. The molecular weight excluding hydrogens is 562 g/mol. The molecule has 1 aromatic heterocycles. The van der Waals surface area contributed by atoms with Gasteiger partial charge in [0.05, 0.1) is 11.9 Å². The monoisotopic (exact) mass is 599 g/mol. The van der Waals surface area contributed by atoms with E-state index in [4.69, 9.17) is 4.74 Å². The van der Waals surface area contributed by atoms with Gasteiger partial charge in [-0.1, -0.05) is 79.7 Å². The van der Waals surface area contributed by atoms with Gasteiger partial charge >= 0.3 is 5.97 Å². The number of benzene rings is 3. The van der Waals surface area contributed by atoms with Gasteiger partial charge in [-0.25, -0.2) is 9.78 Å². The first-order valence-corrected chi connectivity index (χ1v) is 16.0. The number of hydrogen-bond acceptors (Lipinski definition) is 6. The third-order valence-electron chi connectivity index (χ3n) is 8.01. The Morgan fingerprint density at radius 1 is 0.977 bits per heavy atom. The summed E-state index contributed by atoms with van der Waals surface area (Å²) in [7, 11) is -2.20. The molecule has 0 spiro atoms. The van der Waals surface area contributed by atoms with E-state index in [1.54, 1.807) is 29.8 Å². The molecule has 2 N–H and O–H groups in total. The number of cyclic esters (lactones) is 1. The highest BCUT2D eigenvalue weighted by Crippen LogP contribution is 2.42. The molecule has 1 aliphatic rings. The number of nitrogens with one attached hydrogen (secondary N) is 1. The third-order valence-corrected chi connectivity index (χ3v) is 9.27. The number of aliphatic hydroxyl groups excluding tert-OH is 1. The van der Waals surface area contributed by atoms with Gasteiger partial charge in [0.1, 0.15) is 11.4 Å². The lowest BCUT2D eigenvalue weighted by atomic mass is 9.79. The normalized spacial score (nSPS) is 15.6. The zero-order chi connectivity index (χ0) is 30.5. The van der Waals surface area contributed by atoms with E-state index < -0.39 is 27.5 Å². The van der Waals surface area contributed by atoms with E-state index in [0.29, 0.717) is 43.4 Å². The first-order chi connectivity index (χ1) is 20.7. The first kappa shape index (κ1) is 30.1. The van der Waals surface area contributed by atoms with Gasteiger partial charge in [-0.15, -0.1) is 0 Å². The fraction of sp³-hybridized carbons (Fsp3) is 0.294. The summed E-state index contributed by atoms with van der Waals surface area (Å²) in [6.45, 7) is 1.93. The summed E-state index contributed by atoms with van der Waals surface area (Å²) in [4.78, 5) is 17.7. The smallest absolute Gasteiger partial charge is 0.338 e. The Labute approximate surface area is 253 Å². The summed E-state index contributed by atoms with van der Waals surface area (Å²) >= 11 is 0. The van der Waals surface area contributed by atoms with Crippen LogP contribution in [0.2, 0.25) is 0 Å². The standard InChI is InChI=1S/C34H37N3O5S/c1-3-29(27-15-10-16-28(21-27)36-43(40,41)31-23-37(2)24-35-31)32-30(38)22-34(42-33(32)39,19-17-25-11-6-4-7-12-25)20-18-26-13-8-5-9-14-26/h4-16,21,23-24,29,36,38H,3,17-20,22H2,1-2H3/t29-/m0/s1. The van der Waals surface area contributed by atoms with Crippen LogP contribution in [0.15, 0.2) is 114 Å². The maximum Gasteiger partial charge on any atom is 0.338 e. The molecule has 0 radical (unpaired) electrons. The topological polar surface area (TPSA) is 111 Å². The van der Waals surface area contributed by atoms with E-state index in [1.807, 2.05) is 49.4 Å². The predicted octanol–water partition coefficient (Wildman–Crippen LogP) is 6.48. The second kappa shape index (κ2) is 12.9. The van der Waals surface area contributed by atoms with E-state index in [2.05, 4.69) is 34.0 Å². The van der Waals surface area contributed by atoms with Crippen molar-refractivity contribution < 1.29 is 23.1 Å². The van der Waals surface area contributed by atoms with Crippen molar-refractivity contribution in [1.29, 1.82) is 0 Å². The molecule has 9 heteroatoms. The van der Waals surface area contributed by atoms with Crippen LogP contribution in [0.25, 0.3) is 0 Å². The lowest BCUT2D eigenvalue weighted by molar-refractivity contribution is -0.161. The minimum Gasteiger partial charge on any atom is -0.512 e. The van der Waals surface area contributed by atoms with Crippen molar-refractivity contribution in [2.75, 3.05) is 4.72 Å². The highest BCUT2D eigenvalue weighted by molar-refractivity contribution is 7.92. The Bertz CT molecular complexity index is 1650. The fourth-order valence-corrected chi connectivity index (χ4v) is 6.78. The van der Waals surface area contributed by atoms with E-state index in [0.717, 1.165) is 11.1 Å². The molecule has 3 aromatic carbocycles. The number of aromatic nitrogens is 2. The number of carbonyl (C=O) groups is 1. The van der Waals surface area contributed by atoms with Crippen molar-refractivity contribution in [2.45, 2.75) is 62.0 Å². The van der Waals surface area contributed by atoms with Gasteiger partial charge in [0.15, 0.2) is 5.03 Å². The van der Waals surface area contributed by atoms with Crippen molar-refractivity contribution in [3.05, 3.63) is 125 Å². The largest absolute Gasteiger partial charge is 0.512 e. The summed E-state index contributed by atoms with van der Waals surface area (Å²) < 4.78 is 36.1. The van der Waals surface area contributed by atoms with Crippen LogP contribution in [-0.4, -0.2) is 34.6 Å². The van der Waals surface area contributed by atoms with Gasteiger partial charge in [-0.3, -0.25) is 4.72 Å². The highest BCUT2D eigenvalue weighted by Gasteiger charge is 2.43. The molecule has 224 valence electrons. The SMILES string of the molecule is CC[C@H](C1=C(O)CC(CCc2ccccc2)(CCc2ccccc2)OC1=O)c1cccc(NS(=O)(=O)c2cn(C)cn2)c1. The molecule has 0 saturated carbocycles. The Morgan fingerprint density at radius 3 is 2.14 bits per heavy atom. The number of rotatable bonds is 12. The number of carbonyl (C=O) groups excluding carboxylic acids is 1. The number of anilines is 1. The maximum atomic E-state index is 13.8. The van der Waals surface area contributed by atoms with Crippen molar-refractivity contribution in [3.8, 4) is 0 Å². The highest BCUT2D eigenvalue weighted by atomic mass is 32.2. The van der Waals surface area contributed by atoms with Crippen molar-refractivity contribution in [3.63, 3.8) is 0 Å². The molecule has 0 aliphatic carbocycles. The molecule has 0 amide bonds. The predicted molar refractivity (Wildman–Crippen MR) is 166 cm³/mol. The van der Waals surface area contributed by atoms with E-state index in [9.17, 15) is 18.3 Å². The number of imidazole rings is 1. The number of nitrogens with zero attached hydrogens (tertiary/aromatic N) is 2. The first-order valence-electron chi connectivity index (χ1n) is 14.5. The molecular formula is C34H37N3O5S. The number of sulfonamides is 1. The molecule has 2 heterocycles. The summed E-state index contributed by atoms with van der Waals surface area (Å²) in [6.07, 6.45) is 6.14. The summed E-state index contributed by atoms with van der Waals surface area (Å²) in [5, 5.41) is 11.4. The van der Waals surface area contributed by atoms with Crippen molar-refractivity contribution in [1.82, 2.24) is 9.55 Å². The number of esters is 1. The van der Waals surface area contributed by atoms with Crippen LogP contribution < -0.4 is 4.72 Å². The van der Waals surface area contributed by atoms with Crippen LogP contribution in [0.3, 0.4) is 0 Å². The van der Waals surface area contributed by atoms with Gasteiger partial charge in [0.2, 0.25) is 0 Å². The third kappa shape index (κ3) is 7.17. The maximum absolute atomic E-state index is 13.8. The number of hydrogen-bond donors (Lipinski definition) is 2. The number of aryl methyl sites for hydroxylation is 3. The van der Waals surface area contributed by atoms with Crippen molar-refractivity contribution in [2.24, 2.45) is 7.05 Å². The number of aliphatic hydroxyl groups is 1. The molecule has 0 bridgehead atoms. The van der Waals surface area contributed by atoms with Crippen LogP contribution in [0.5, 0.6) is 0 Å². The lowest BCUT2D eigenvalue weighted by Crippen LogP contribution is -2.42. The molecule has 0 saturated heterocycles. The molecule has 8 nitrogen and oxygen atoms in total. The zero-order valence-corrected chi connectivity index (χ0v) is 25.3. The second-order valence-corrected chi connectivity index (χ2v) is 12.8. The fourth-order valence-electron chi connectivity index (χ4n) is 5.75. The molecule has 0 unspecified atom stereocenters.